The van der Waals surface area contributed by atoms with E-state index in [1.165, 1.54) is 12.1 Å². The minimum Gasteiger partial charge on any atom is -0.490 e. The highest BCUT2D eigenvalue weighted by Gasteiger charge is 2.19. The third-order valence-corrected chi connectivity index (χ3v) is 5.07. The first kappa shape index (κ1) is 16.0. The van der Waals surface area contributed by atoms with Crippen molar-refractivity contribution in [1.82, 2.24) is 0 Å². The SMILES string of the molecule is Cc1ccc(NS(=O)(=O)c2ccc3c(c2)OCCCO3)c(Cl)c1. The van der Waals surface area contributed by atoms with E-state index >= 15 is 0 Å². The van der Waals surface area contributed by atoms with Gasteiger partial charge in [-0.25, -0.2) is 8.42 Å². The van der Waals surface area contributed by atoms with E-state index in [0.29, 0.717) is 35.4 Å². The number of hydrogen-bond acceptors (Lipinski definition) is 4. The van der Waals surface area contributed by atoms with Gasteiger partial charge in [-0.3, -0.25) is 4.72 Å². The smallest absolute Gasteiger partial charge is 0.262 e. The molecule has 2 aromatic carbocycles. The highest BCUT2D eigenvalue weighted by molar-refractivity contribution is 7.92. The van der Waals surface area contributed by atoms with Gasteiger partial charge >= 0.3 is 0 Å². The van der Waals surface area contributed by atoms with E-state index in [9.17, 15) is 8.42 Å². The Bertz CT molecular complexity index is 836. The normalized spacial score (nSPS) is 14.2. The average molecular weight is 354 g/mol. The van der Waals surface area contributed by atoms with Gasteiger partial charge in [0, 0.05) is 12.5 Å². The molecule has 1 N–H and O–H groups in total. The second-order valence-electron chi connectivity index (χ2n) is 5.25. The van der Waals surface area contributed by atoms with Gasteiger partial charge in [-0.1, -0.05) is 17.7 Å². The van der Waals surface area contributed by atoms with Crippen LogP contribution in [0.1, 0.15) is 12.0 Å². The molecule has 0 saturated heterocycles. The third-order valence-electron chi connectivity index (χ3n) is 3.40. The summed E-state index contributed by atoms with van der Waals surface area (Å²) in [6.45, 7) is 2.93. The van der Waals surface area contributed by atoms with Crippen molar-refractivity contribution in [2.75, 3.05) is 17.9 Å². The zero-order valence-corrected chi connectivity index (χ0v) is 14.1. The first-order chi connectivity index (χ1) is 11.0. The monoisotopic (exact) mass is 353 g/mol. The van der Waals surface area contributed by atoms with Gasteiger partial charge in [-0.2, -0.15) is 0 Å². The minimum absolute atomic E-state index is 0.0957. The van der Waals surface area contributed by atoms with Gasteiger partial charge in [0.25, 0.3) is 10.0 Å². The summed E-state index contributed by atoms with van der Waals surface area (Å²) in [6.07, 6.45) is 0.758. The molecule has 122 valence electrons. The molecule has 0 unspecified atom stereocenters. The fourth-order valence-electron chi connectivity index (χ4n) is 2.22. The number of fused-ring (bicyclic) bond motifs is 1. The van der Waals surface area contributed by atoms with Crippen molar-refractivity contribution in [3.05, 3.63) is 47.0 Å². The molecule has 0 spiro atoms. The lowest BCUT2D eigenvalue weighted by atomic mass is 10.2. The zero-order chi connectivity index (χ0) is 16.4. The van der Waals surface area contributed by atoms with Crippen LogP contribution in [0, 0.1) is 6.92 Å². The largest absolute Gasteiger partial charge is 0.490 e. The van der Waals surface area contributed by atoms with E-state index in [1.54, 1.807) is 24.3 Å². The fourth-order valence-corrected chi connectivity index (χ4v) is 3.65. The van der Waals surface area contributed by atoms with Crippen molar-refractivity contribution in [2.45, 2.75) is 18.2 Å². The van der Waals surface area contributed by atoms with Crippen LogP contribution in [-0.2, 0) is 10.0 Å². The Morgan fingerprint density at radius 3 is 2.52 bits per heavy atom. The first-order valence-corrected chi connectivity index (χ1v) is 9.00. The minimum atomic E-state index is -3.76. The Balaban J connectivity index is 1.92. The Morgan fingerprint density at radius 1 is 1.04 bits per heavy atom. The summed E-state index contributed by atoms with van der Waals surface area (Å²) >= 11 is 6.09. The van der Waals surface area contributed by atoms with Gasteiger partial charge < -0.3 is 9.47 Å². The molecule has 2 aromatic rings. The second-order valence-corrected chi connectivity index (χ2v) is 7.34. The maximum Gasteiger partial charge on any atom is 0.262 e. The van der Waals surface area contributed by atoms with Crippen LogP contribution in [0.15, 0.2) is 41.3 Å². The van der Waals surface area contributed by atoms with Crippen molar-refractivity contribution < 1.29 is 17.9 Å². The Morgan fingerprint density at radius 2 is 1.78 bits per heavy atom. The number of anilines is 1. The molecule has 0 radical (unpaired) electrons. The van der Waals surface area contributed by atoms with Gasteiger partial charge in [0.05, 0.1) is 28.8 Å². The predicted molar refractivity (Wildman–Crippen MR) is 89.0 cm³/mol. The summed E-state index contributed by atoms with van der Waals surface area (Å²) in [7, 11) is -3.76. The third kappa shape index (κ3) is 3.54. The molecule has 1 heterocycles. The number of hydrogen-bond donors (Lipinski definition) is 1. The van der Waals surface area contributed by atoms with E-state index in [1.807, 2.05) is 6.92 Å². The summed E-state index contributed by atoms with van der Waals surface area (Å²) < 4.78 is 38.6. The molecule has 0 saturated carbocycles. The number of sulfonamides is 1. The molecule has 1 aliphatic rings. The molecule has 0 amide bonds. The highest BCUT2D eigenvalue weighted by Crippen LogP contribution is 2.33. The maximum absolute atomic E-state index is 12.5. The number of ether oxygens (including phenoxy) is 2. The van der Waals surface area contributed by atoms with Crippen LogP contribution >= 0.6 is 11.6 Å². The molecule has 0 aliphatic carbocycles. The van der Waals surface area contributed by atoms with Crippen LogP contribution in [0.4, 0.5) is 5.69 Å². The number of nitrogens with one attached hydrogen (secondary N) is 1. The molecule has 23 heavy (non-hydrogen) atoms. The van der Waals surface area contributed by atoms with E-state index in [-0.39, 0.29) is 4.90 Å². The van der Waals surface area contributed by atoms with Crippen LogP contribution in [0.3, 0.4) is 0 Å². The molecule has 0 fully saturated rings. The van der Waals surface area contributed by atoms with Crippen LogP contribution < -0.4 is 14.2 Å². The number of aryl methyl sites for hydroxylation is 1. The zero-order valence-electron chi connectivity index (χ0n) is 12.5. The molecule has 0 atom stereocenters. The lowest BCUT2D eigenvalue weighted by Crippen LogP contribution is -2.13. The maximum atomic E-state index is 12.5. The Labute approximate surface area is 140 Å². The van der Waals surface area contributed by atoms with E-state index in [0.717, 1.165) is 12.0 Å². The van der Waals surface area contributed by atoms with Crippen molar-refractivity contribution >= 4 is 27.3 Å². The number of rotatable bonds is 3. The standard InChI is InChI=1S/C16H16ClNO4S/c1-11-3-5-14(13(17)9-11)18-23(19,20)12-4-6-15-16(10-12)22-8-2-7-21-15/h3-6,9-10,18H,2,7-8H2,1H3. The summed E-state index contributed by atoms with van der Waals surface area (Å²) in [4.78, 5) is 0.0957. The quantitative estimate of drug-likeness (QED) is 0.915. The van der Waals surface area contributed by atoms with Crippen LogP contribution in [0.25, 0.3) is 0 Å². The molecule has 7 heteroatoms. The van der Waals surface area contributed by atoms with Crippen molar-refractivity contribution in [3.63, 3.8) is 0 Å². The highest BCUT2D eigenvalue weighted by atomic mass is 35.5. The fraction of sp³-hybridized carbons (Fsp3) is 0.250. The van der Waals surface area contributed by atoms with E-state index < -0.39 is 10.0 Å². The molecular formula is C16H16ClNO4S. The van der Waals surface area contributed by atoms with Crippen molar-refractivity contribution in [1.29, 1.82) is 0 Å². The molecule has 0 bridgehead atoms. The van der Waals surface area contributed by atoms with Gasteiger partial charge in [0.1, 0.15) is 0 Å². The van der Waals surface area contributed by atoms with Crippen LogP contribution in [-0.4, -0.2) is 21.6 Å². The molecule has 0 aromatic heterocycles. The summed E-state index contributed by atoms with van der Waals surface area (Å²) in [5, 5.41) is 0.350. The van der Waals surface area contributed by atoms with Gasteiger partial charge in [-0.05, 0) is 36.8 Å². The van der Waals surface area contributed by atoms with Crippen molar-refractivity contribution in [3.8, 4) is 11.5 Å². The lowest BCUT2D eigenvalue weighted by molar-refractivity contribution is 0.297. The summed E-state index contributed by atoms with van der Waals surface area (Å²) in [5.41, 5.74) is 1.29. The van der Waals surface area contributed by atoms with Crippen LogP contribution in [0.5, 0.6) is 11.5 Å². The Hall–Kier alpha value is -1.92. The molecule has 3 rings (SSSR count). The van der Waals surface area contributed by atoms with Crippen molar-refractivity contribution in [2.24, 2.45) is 0 Å². The summed E-state index contributed by atoms with van der Waals surface area (Å²) in [5.74, 6) is 0.982. The van der Waals surface area contributed by atoms with Crippen LogP contribution in [0.2, 0.25) is 5.02 Å². The first-order valence-electron chi connectivity index (χ1n) is 7.14. The van der Waals surface area contributed by atoms with Gasteiger partial charge in [0.2, 0.25) is 0 Å². The van der Waals surface area contributed by atoms with Gasteiger partial charge in [0.15, 0.2) is 11.5 Å². The van der Waals surface area contributed by atoms with E-state index in [2.05, 4.69) is 4.72 Å². The molecular weight excluding hydrogens is 338 g/mol. The topological polar surface area (TPSA) is 64.6 Å². The number of halogens is 1. The average Bonchev–Trinajstić information content (AvgIpc) is 2.74. The Kier molecular flexibility index (Phi) is 4.37. The molecule has 5 nitrogen and oxygen atoms in total. The lowest BCUT2D eigenvalue weighted by Gasteiger charge is -2.12. The summed E-state index contributed by atoms with van der Waals surface area (Å²) in [6, 6.07) is 9.68. The van der Waals surface area contributed by atoms with Gasteiger partial charge in [-0.15, -0.1) is 0 Å². The predicted octanol–water partition coefficient (Wildman–Crippen LogP) is 3.61. The second kappa shape index (κ2) is 6.29. The molecule has 1 aliphatic heterocycles. The number of benzene rings is 2. The van der Waals surface area contributed by atoms with E-state index in [4.69, 9.17) is 21.1 Å².